The number of aromatic nitrogens is 1. The first kappa shape index (κ1) is 14.8. The van der Waals surface area contributed by atoms with Gasteiger partial charge in [-0.25, -0.2) is 0 Å². The summed E-state index contributed by atoms with van der Waals surface area (Å²) in [6, 6.07) is 8.61. The van der Waals surface area contributed by atoms with Crippen molar-refractivity contribution in [2.45, 2.75) is 19.9 Å². The molecular formula is C16H18N2O3. The van der Waals surface area contributed by atoms with Crippen molar-refractivity contribution in [1.29, 1.82) is 0 Å². The summed E-state index contributed by atoms with van der Waals surface area (Å²) in [6.07, 6.45) is 1.49. The summed E-state index contributed by atoms with van der Waals surface area (Å²) >= 11 is 0. The van der Waals surface area contributed by atoms with E-state index in [1.807, 2.05) is 32.0 Å². The minimum absolute atomic E-state index is 0.0935. The Morgan fingerprint density at radius 2 is 2.10 bits per heavy atom. The number of nitrogens with one attached hydrogen (secondary N) is 2. The number of H-pyrrole nitrogens is 1. The molecule has 21 heavy (non-hydrogen) atoms. The number of hydrogen-bond acceptors (Lipinski definition) is 3. The van der Waals surface area contributed by atoms with Crippen LogP contribution in [-0.2, 0) is 0 Å². The van der Waals surface area contributed by atoms with Crippen LogP contribution in [0.3, 0.4) is 0 Å². The van der Waals surface area contributed by atoms with E-state index < -0.39 is 11.5 Å². The molecule has 0 spiro atoms. The van der Waals surface area contributed by atoms with Crippen LogP contribution in [-0.4, -0.2) is 18.0 Å². The molecule has 2 aromatic rings. The largest absolute Gasteiger partial charge is 0.496 e. The van der Waals surface area contributed by atoms with Crippen LogP contribution in [0.15, 0.2) is 41.3 Å². The van der Waals surface area contributed by atoms with E-state index in [1.165, 1.54) is 12.3 Å². The summed E-state index contributed by atoms with van der Waals surface area (Å²) in [5.41, 5.74) is 1.64. The van der Waals surface area contributed by atoms with Crippen molar-refractivity contribution in [3.8, 4) is 5.75 Å². The molecule has 0 fully saturated rings. The zero-order chi connectivity index (χ0) is 15.4. The predicted molar refractivity (Wildman–Crippen MR) is 80.7 cm³/mol. The van der Waals surface area contributed by atoms with Crippen LogP contribution in [0.25, 0.3) is 0 Å². The van der Waals surface area contributed by atoms with E-state index in [4.69, 9.17) is 4.74 Å². The van der Waals surface area contributed by atoms with Gasteiger partial charge in [-0.05, 0) is 32.0 Å². The number of benzene rings is 1. The van der Waals surface area contributed by atoms with Crippen molar-refractivity contribution < 1.29 is 9.53 Å². The van der Waals surface area contributed by atoms with E-state index in [0.29, 0.717) is 5.75 Å². The third-order valence-corrected chi connectivity index (χ3v) is 3.26. The third-order valence-electron chi connectivity index (χ3n) is 3.26. The smallest absolute Gasteiger partial charge is 0.260 e. The first-order chi connectivity index (χ1) is 10.0. The fourth-order valence-electron chi connectivity index (χ4n) is 2.14. The van der Waals surface area contributed by atoms with E-state index in [-0.39, 0.29) is 11.6 Å². The fourth-order valence-corrected chi connectivity index (χ4v) is 2.14. The molecule has 5 heteroatoms. The van der Waals surface area contributed by atoms with E-state index >= 15 is 0 Å². The predicted octanol–water partition coefficient (Wildman–Crippen LogP) is 2.18. The highest BCUT2D eigenvalue weighted by molar-refractivity contribution is 5.94. The number of ether oxygens (including phenoxy) is 1. The van der Waals surface area contributed by atoms with Crippen LogP contribution in [0.2, 0.25) is 0 Å². The molecule has 0 aliphatic heterocycles. The molecule has 2 rings (SSSR count). The van der Waals surface area contributed by atoms with Gasteiger partial charge in [-0.3, -0.25) is 9.59 Å². The highest BCUT2D eigenvalue weighted by Gasteiger charge is 2.17. The summed E-state index contributed by atoms with van der Waals surface area (Å²) in [4.78, 5) is 26.3. The summed E-state index contributed by atoms with van der Waals surface area (Å²) in [5, 5.41) is 2.82. The monoisotopic (exact) mass is 286 g/mol. The molecule has 0 saturated heterocycles. The molecule has 110 valence electrons. The lowest BCUT2D eigenvalue weighted by Crippen LogP contribution is -2.31. The molecule has 0 aliphatic rings. The summed E-state index contributed by atoms with van der Waals surface area (Å²) in [5.74, 6) is 0.295. The van der Waals surface area contributed by atoms with Gasteiger partial charge in [0.1, 0.15) is 11.3 Å². The number of rotatable bonds is 4. The number of carbonyl (C=O) groups is 1. The zero-order valence-electron chi connectivity index (χ0n) is 12.3. The average Bonchev–Trinajstić information content (AvgIpc) is 2.47. The van der Waals surface area contributed by atoms with E-state index in [0.717, 1.165) is 11.1 Å². The molecular weight excluding hydrogens is 268 g/mol. The summed E-state index contributed by atoms with van der Waals surface area (Å²) < 4.78 is 5.31. The molecule has 0 saturated carbocycles. The highest BCUT2D eigenvalue weighted by Crippen LogP contribution is 2.26. The van der Waals surface area contributed by atoms with Crippen molar-refractivity contribution in [1.82, 2.24) is 10.3 Å². The second-order valence-corrected chi connectivity index (χ2v) is 4.85. The van der Waals surface area contributed by atoms with Gasteiger partial charge in [0.25, 0.3) is 11.5 Å². The average molecular weight is 286 g/mol. The third kappa shape index (κ3) is 3.31. The first-order valence-electron chi connectivity index (χ1n) is 6.66. The van der Waals surface area contributed by atoms with Crippen molar-refractivity contribution in [3.63, 3.8) is 0 Å². The molecule has 1 heterocycles. The lowest BCUT2D eigenvalue weighted by Gasteiger charge is -2.17. The number of aromatic amines is 1. The Bertz CT molecular complexity index is 707. The number of aryl methyl sites for hydroxylation is 1. The van der Waals surface area contributed by atoms with Crippen molar-refractivity contribution in [2.75, 3.05) is 7.11 Å². The molecule has 1 atom stereocenters. The topological polar surface area (TPSA) is 71.2 Å². The Kier molecular flexibility index (Phi) is 4.42. The van der Waals surface area contributed by atoms with Gasteiger partial charge in [-0.15, -0.1) is 0 Å². The Morgan fingerprint density at radius 3 is 2.76 bits per heavy atom. The number of methoxy groups -OCH3 is 1. The van der Waals surface area contributed by atoms with Gasteiger partial charge < -0.3 is 15.0 Å². The lowest BCUT2D eigenvalue weighted by molar-refractivity contribution is 0.0938. The minimum atomic E-state index is -0.409. The Balaban J connectivity index is 2.24. The van der Waals surface area contributed by atoms with Crippen LogP contribution in [0.5, 0.6) is 5.75 Å². The lowest BCUT2D eigenvalue weighted by atomic mass is 10.0. The first-order valence-corrected chi connectivity index (χ1v) is 6.66. The van der Waals surface area contributed by atoms with E-state index in [1.54, 1.807) is 13.2 Å². The minimum Gasteiger partial charge on any atom is -0.496 e. The van der Waals surface area contributed by atoms with Crippen LogP contribution < -0.4 is 15.6 Å². The Morgan fingerprint density at radius 1 is 1.33 bits per heavy atom. The maximum absolute atomic E-state index is 12.2. The highest BCUT2D eigenvalue weighted by atomic mass is 16.5. The Labute approximate surface area is 123 Å². The van der Waals surface area contributed by atoms with Crippen LogP contribution in [0.1, 0.15) is 34.5 Å². The number of carbonyl (C=O) groups excluding carboxylic acids is 1. The second kappa shape index (κ2) is 6.26. The van der Waals surface area contributed by atoms with E-state index in [9.17, 15) is 9.59 Å². The molecule has 5 nitrogen and oxygen atoms in total. The maximum Gasteiger partial charge on any atom is 0.260 e. The number of pyridine rings is 1. The van der Waals surface area contributed by atoms with Gasteiger partial charge >= 0.3 is 0 Å². The summed E-state index contributed by atoms with van der Waals surface area (Å²) in [6.45, 7) is 3.83. The molecule has 1 aromatic carbocycles. The van der Waals surface area contributed by atoms with Gasteiger partial charge in [-0.1, -0.05) is 17.7 Å². The van der Waals surface area contributed by atoms with Gasteiger partial charge in [0.05, 0.1) is 13.2 Å². The molecule has 0 bridgehead atoms. The van der Waals surface area contributed by atoms with Crippen LogP contribution >= 0.6 is 0 Å². The normalized spacial score (nSPS) is 11.8. The molecule has 0 aliphatic carbocycles. The van der Waals surface area contributed by atoms with Crippen molar-refractivity contribution >= 4 is 5.91 Å². The van der Waals surface area contributed by atoms with Crippen molar-refractivity contribution in [2.24, 2.45) is 0 Å². The number of hydrogen-bond donors (Lipinski definition) is 2. The standard InChI is InChI=1S/C16H18N2O3/c1-10-6-7-14(21-3)13(9-10)11(2)18-16(20)12-5-4-8-17-15(12)19/h4-9,11H,1-3H3,(H,17,19)(H,18,20). The maximum atomic E-state index is 12.2. The molecule has 1 aromatic heterocycles. The quantitative estimate of drug-likeness (QED) is 0.905. The van der Waals surface area contributed by atoms with Gasteiger partial charge in [-0.2, -0.15) is 0 Å². The van der Waals surface area contributed by atoms with Gasteiger partial charge in [0.15, 0.2) is 0 Å². The number of amides is 1. The zero-order valence-corrected chi connectivity index (χ0v) is 12.3. The summed E-state index contributed by atoms with van der Waals surface area (Å²) in [7, 11) is 1.59. The molecule has 0 radical (unpaired) electrons. The van der Waals surface area contributed by atoms with Crippen LogP contribution in [0.4, 0.5) is 0 Å². The SMILES string of the molecule is COc1ccc(C)cc1C(C)NC(=O)c1ccc[nH]c1=O. The Hall–Kier alpha value is -2.56. The van der Waals surface area contributed by atoms with Gasteiger partial charge in [0.2, 0.25) is 0 Å². The van der Waals surface area contributed by atoms with Crippen LogP contribution in [0, 0.1) is 6.92 Å². The van der Waals surface area contributed by atoms with E-state index in [2.05, 4.69) is 10.3 Å². The van der Waals surface area contributed by atoms with Gasteiger partial charge in [0, 0.05) is 11.8 Å². The second-order valence-electron chi connectivity index (χ2n) is 4.85. The molecule has 2 N–H and O–H groups in total. The molecule has 1 amide bonds. The fraction of sp³-hybridized carbons (Fsp3) is 0.250. The van der Waals surface area contributed by atoms with Crippen molar-refractivity contribution in [3.05, 3.63) is 63.6 Å². The molecule has 1 unspecified atom stereocenters.